The zero-order valence-corrected chi connectivity index (χ0v) is 15.4. The maximum atomic E-state index is 12.6. The van der Waals surface area contributed by atoms with E-state index in [9.17, 15) is 9.59 Å². The number of anilines is 1. The first-order valence-corrected chi connectivity index (χ1v) is 9.71. The lowest BCUT2D eigenvalue weighted by Gasteiger charge is -2.34. The van der Waals surface area contributed by atoms with Crippen molar-refractivity contribution in [1.82, 2.24) is 9.80 Å². The van der Waals surface area contributed by atoms with Gasteiger partial charge in [0.2, 0.25) is 5.91 Å². The van der Waals surface area contributed by atoms with E-state index in [-0.39, 0.29) is 17.9 Å². The van der Waals surface area contributed by atoms with Crippen LogP contribution in [0.25, 0.3) is 0 Å². The highest BCUT2D eigenvalue weighted by Gasteiger charge is 2.29. The predicted octanol–water partition coefficient (Wildman–Crippen LogP) is 2.13. The van der Waals surface area contributed by atoms with Gasteiger partial charge in [0.25, 0.3) is 5.91 Å². The minimum atomic E-state index is -0.138. The van der Waals surface area contributed by atoms with Gasteiger partial charge in [-0.25, -0.2) is 0 Å². The number of amides is 2. The Kier molecular flexibility index (Phi) is 4.74. The lowest BCUT2D eigenvalue weighted by molar-refractivity contribution is -0.131. The molecule has 0 radical (unpaired) electrons. The van der Waals surface area contributed by atoms with E-state index in [0.717, 1.165) is 63.3 Å². The van der Waals surface area contributed by atoms with Gasteiger partial charge in [0, 0.05) is 38.8 Å². The largest absolute Gasteiger partial charge is 0.486 e. The summed E-state index contributed by atoms with van der Waals surface area (Å²) in [6, 6.07) is 5.65. The second-order valence-corrected chi connectivity index (χ2v) is 7.59. The highest BCUT2D eigenvalue weighted by molar-refractivity contribution is 5.96. The summed E-state index contributed by atoms with van der Waals surface area (Å²) in [5, 5.41) is 0. The van der Waals surface area contributed by atoms with Gasteiger partial charge in [0.1, 0.15) is 11.9 Å². The van der Waals surface area contributed by atoms with Crippen molar-refractivity contribution in [2.45, 2.75) is 38.2 Å². The molecular formula is C20H27N3O3. The number of ether oxygens (including phenoxy) is 1. The average molecular weight is 357 g/mol. The minimum absolute atomic E-state index is 0.102. The normalized spacial score (nSPS) is 22.3. The van der Waals surface area contributed by atoms with Crippen molar-refractivity contribution in [3.05, 3.63) is 23.8 Å². The van der Waals surface area contributed by atoms with Crippen LogP contribution in [0.1, 0.15) is 42.5 Å². The highest BCUT2D eigenvalue weighted by atomic mass is 16.5. The third kappa shape index (κ3) is 3.37. The summed E-state index contributed by atoms with van der Waals surface area (Å²) in [5.74, 6) is 1.05. The summed E-state index contributed by atoms with van der Waals surface area (Å²) >= 11 is 0. The molecule has 0 N–H and O–H groups in total. The second-order valence-electron chi connectivity index (χ2n) is 7.59. The van der Waals surface area contributed by atoms with Crippen LogP contribution in [-0.4, -0.2) is 67.5 Å². The molecule has 2 fully saturated rings. The van der Waals surface area contributed by atoms with E-state index < -0.39 is 0 Å². The van der Waals surface area contributed by atoms with E-state index >= 15 is 0 Å². The van der Waals surface area contributed by atoms with Crippen molar-refractivity contribution >= 4 is 17.5 Å². The molecule has 1 unspecified atom stereocenters. The topological polar surface area (TPSA) is 53.1 Å². The summed E-state index contributed by atoms with van der Waals surface area (Å²) in [4.78, 5) is 31.0. The Bertz CT molecular complexity index is 694. The molecule has 6 heteroatoms. The molecular weight excluding hydrogens is 330 g/mol. The molecule has 0 saturated carbocycles. The van der Waals surface area contributed by atoms with Crippen molar-refractivity contribution < 1.29 is 14.3 Å². The number of carbonyl (C=O) groups is 2. The van der Waals surface area contributed by atoms with Gasteiger partial charge in [-0.05, 0) is 43.9 Å². The first kappa shape index (κ1) is 17.2. The van der Waals surface area contributed by atoms with Gasteiger partial charge in [-0.3, -0.25) is 9.59 Å². The van der Waals surface area contributed by atoms with Crippen LogP contribution in [-0.2, 0) is 4.79 Å². The molecule has 0 spiro atoms. The summed E-state index contributed by atoms with van der Waals surface area (Å²) < 4.78 is 6.08. The number of benzene rings is 1. The second kappa shape index (κ2) is 7.17. The van der Waals surface area contributed by atoms with Crippen LogP contribution < -0.4 is 9.64 Å². The number of hydrogen-bond donors (Lipinski definition) is 0. The lowest BCUT2D eigenvalue weighted by Crippen LogP contribution is -2.41. The summed E-state index contributed by atoms with van der Waals surface area (Å²) in [6.45, 7) is 4.11. The molecule has 0 aromatic heterocycles. The van der Waals surface area contributed by atoms with Crippen LogP contribution in [0.4, 0.5) is 5.69 Å². The highest BCUT2D eigenvalue weighted by Crippen LogP contribution is 2.34. The number of likely N-dealkylation sites (N-methyl/N-ethyl adjacent to an activating group) is 1. The summed E-state index contributed by atoms with van der Waals surface area (Å²) in [5.41, 5.74) is 1.65. The van der Waals surface area contributed by atoms with Crippen molar-refractivity contribution in [3.63, 3.8) is 0 Å². The van der Waals surface area contributed by atoms with Gasteiger partial charge in [0.05, 0.1) is 18.7 Å². The average Bonchev–Trinajstić information content (AvgIpc) is 3.34. The van der Waals surface area contributed by atoms with E-state index in [4.69, 9.17) is 4.74 Å². The van der Waals surface area contributed by atoms with E-state index in [2.05, 4.69) is 4.90 Å². The first-order chi connectivity index (χ1) is 12.6. The van der Waals surface area contributed by atoms with Crippen LogP contribution in [0.3, 0.4) is 0 Å². The van der Waals surface area contributed by atoms with Crippen molar-refractivity contribution in [1.29, 1.82) is 0 Å². The molecule has 140 valence electrons. The fourth-order valence-electron chi connectivity index (χ4n) is 4.17. The Hall–Kier alpha value is -2.24. The maximum Gasteiger partial charge on any atom is 0.253 e. The van der Waals surface area contributed by atoms with Gasteiger partial charge >= 0.3 is 0 Å². The predicted molar refractivity (Wildman–Crippen MR) is 99.7 cm³/mol. The molecule has 3 aliphatic rings. The number of fused-ring (bicyclic) bond motifs is 1. The maximum absolute atomic E-state index is 12.6. The quantitative estimate of drug-likeness (QED) is 0.832. The fourth-order valence-corrected chi connectivity index (χ4v) is 4.17. The minimum Gasteiger partial charge on any atom is -0.486 e. The monoisotopic (exact) mass is 357 g/mol. The molecule has 1 atom stereocenters. The number of rotatable bonds is 3. The van der Waals surface area contributed by atoms with E-state index in [1.54, 1.807) is 0 Å². The van der Waals surface area contributed by atoms with E-state index in [0.29, 0.717) is 18.5 Å². The molecule has 6 nitrogen and oxygen atoms in total. The van der Waals surface area contributed by atoms with Gasteiger partial charge in [-0.15, -0.1) is 0 Å². The number of likely N-dealkylation sites (tertiary alicyclic amines) is 2. The lowest BCUT2D eigenvalue weighted by atomic mass is 10.1. The third-order valence-corrected chi connectivity index (χ3v) is 5.64. The Labute approximate surface area is 154 Å². The van der Waals surface area contributed by atoms with Crippen LogP contribution in [0, 0.1) is 0 Å². The van der Waals surface area contributed by atoms with Crippen molar-refractivity contribution in [3.8, 4) is 5.75 Å². The van der Waals surface area contributed by atoms with Crippen LogP contribution in [0.15, 0.2) is 18.2 Å². The van der Waals surface area contributed by atoms with Gasteiger partial charge < -0.3 is 19.4 Å². The molecule has 0 aliphatic carbocycles. The molecule has 1 aromatic rings. The SMILES string of the molecule is CN1CC(CC(=O)N2CCCC2)Oc2ccc(C(=O)N3CCCC3)cc21. The van der Waals surface area contributed by atoms with E-state index in [1.165, 1.54) is 0 Å². The first-order valence-electron chi connectivity index (χ1n) is 9.71. The Morgan fingerprint density at radius 3 is 2.38 bits per heavy atom. The Morgan fingerprint density at radius 2 is 1.69 bits per heavy atom. The molecule has 3 heterocycles. The third-order valence-electron chi connectivity index (χ3n) is 5.64. The molecule has 0 bridgehead atoms. The Morgan fingerprint density at radius 1 is 1.04 bits per heavy atom. The molecule has 2 amide bonds. The zero-order valence-electron chi connectivity index (χ0n) is 15.4. The zero-order chi connectivity index (χ0) is 18.1. The van der Waals surface area contributed by atoms with Crippen molar-refractivity contribution in [2.75, 3.05) is 44.7 Å². The molecule has 3 aliphatic heterocycles. The summed E-state index contributed by atoms with van der Waals surface area (Å²) in [6.07, 6.45) is 4.67. The van der Waals surface area contributed by atoms with Gasteiger partial charge in [0.15, 0.2) is 0 Å². The number of hydrogen-bond acceptors (Lipinski definition) is 4. The van der Waals surface area contributed by atoms with Gasteiger partial charge in [-0.2, -0.15) is 0 Å². The van der Waals surface area contributed by atoms with Crippen LogP contribution in [0.5, 0.6) is 5.75 Å². The molecule has 1 aromatic carbocycles. The number of carbonyl (C=O) groups excluding carboxylic acids is 2. The van der Waals surface area contributed by atoms with E-state index in [1.807, 2.05) is 35.0 Å². The number of nitrogens with zero attached hydrogens (tertiary/aromatic N) is 3. The summed E-state index contributed by atoms with van der Waals surface area (Å²) in [7, 11) is 2.00. The van der Waals surface area contributed by atoms with Crippen LogP contribution >= 0.6 is 0 Å². The van der Waals surface area contributed by atoms with Crippen LogP contribution in [0.2, 0.25) is 0 Å². The standard InChI is InChI=1S/C20H27N3O3/c1-21-14-16(13-19(24)22-8-2-3-9-22)26-18-7-6-15(12-17(18)21)20(25)23-10-4-5-11-23/h6-7,12,16H,2-5,8-11,13-14H2,1H3. The molecule has 2 saturated heterocycles. The Balaban J connectivity index is 1.45. The smallest absolute Gasteiger partial charge is 0.253 e. The van der Waals surface area contributed by atoms with Crippen molar-refractivity contribution in [2.24, 2.45) is 0 Å². The molecule has 4 rings (SSSR count). The van der Waals surface area contributed by atoms with Gasteiger partial charge in [-0.1, -0.05) is 0 Å². The molecule has 26 heavy (non-hydrogen) atoms. The fraction of sp³-hybridized carbons (Fsp3) is 0.600.